The summed E-state index contributed by atoms with van der Waals surface area (Å²) in [6.07, 6.45) is 1.53. The van der Waals surface area contributed by atoms with Crippen LogP contribution < -0.4 is 10.2 Å². The van der Waals surface area contributed by atoms with Crippen LogP contribution in [0.5, 0.6) is 0 Å². The van der Waals surface area contributed by atoms with Gasteiger partial charge >= 0.3 is 0 Å². The molecular weight excluding hydrogens is 517 g/mol. The Hall–Kier alpha value is -2.81. The molecule has 0 aliphatic carbocycles. The van der Waals surface area contributed by atoms with E-state index >= 15 is 0 Å². The highest BCUT2D eigenvalue weighted by Crippen LogP contribution is 2.30. The van der Waals surface area contributed by atoms with Gasteiger partial charge in [-0.2, -0.15) is 0 Å². The van der Waals surface area contributed by atoms with Gasteiger partial charge in [-0.25, -0.2) is 4.39 Å². The molecule has 1 aromatic heterocycles. The lowest BCUT2D eigenvalue weighted by Crippen LogP contribution is -2.54. The first kappa shape index (κ1) is 22.4. The molecule has 1 fully saturated rings. The molecule has 162 valence electrons. The largest absolute Gasteiger partial charge is 0.317 e. The molecule has 2 aromatic carbocycles. The van der Waals surface area contributed by atoms with Crippen molar-refractivity contribution in [3.63, 3.8) is 0 Å². The van der Waals surface area contributed by atoms with E-state index in [1.807, 2.05) is 48.7 Å². The minimum Gasteiger partial charge on any atom is -0.317 e. The number of benzene rings is 2. The van der Waals surface area contributed by atoms with Gasteiger partial charge in [0.05, 0.1) is 16.4 Å². The van der Waals surface area contributed by atoms with E-state index in [0.29, 0.717) is 5.56 Å². The summed E-state index contributed by atoms with van der Waals surface area (Å²) in [6, 6.07) is 13.5. The number of aryl methyl sites for hydroxylation is 1. The van der Waals surface area contributed by atoms with Crippen LogP contribution in [0.15, 0.2) is 58.6 Å². The van der Waals surface area contributed by atoms with Crippen LogP contribution in [0.3, 0.4) is 0 Å². The summed E-state index contributed by atoms with van der Waals surface area (Å²) >= 11 is 14.6. The van der Waals surface area contributed by atoms with E-state index in [9.17, 15) is 14.0 Å². The Balaban J connectivity index is 1.78. The molecule has 32 heavy (non-hydrogen) atoms. The molecule has 0 bridgehead atoms. The minimum atomic E-state index is -0.620. The van der Waals surface area contributed by atoms with Gasteiger partial charge in [0, 0.05) is 15.9 Å². The average molecular weight is 533 g/mol. The molecule has 3 aromatic rings. The fourth-order valence-electron chi connectivity index (χ4n) is 3.61. The van der Waals surface area contributed by atoms with E-state index in [4.69, 9.17) is 23.8 Å². The van der Waals surface area contributed by atoms with Crippen molar-refractivity contribution >= 4 is 68.4 Å². The zero-order valence-corrected chi connectivity index (χ0v) is 20.1. The van der Waals surface area contributed by atoms with Crippen LogP contribution >= 0.6 is 39.7 Å². The maximum atomic E-state index is 13.6. The van der Waals surface area contributed by atoms with Gasteiger partial charge < -0.3 is 4.57 Å². The third kappa shape index (κ3) is 3.90. The normalized spacial score (nSPS) is 15.5. The van der Waals surface area contributed by atoms with Gasteiger partial charge in [-0.15, -0.1) is 0 Å². The standard InChI is InChI=1S/C23H16BrClFN3O2S/c1-12-9-14(13(2)28(12)20-6-4-3-5-17(20)24)10-16-21(30)27-23(32)29(22(16)31)15-7-8-19(26)18(25)11-15/h3-11H,1-2H3,(H,27,30,32)/b16-10+. The van der Waals surface area contributed by atoms with E-state index in [0.717, 1.165) is 32.5 Å². The topological polar surface area (TPSA) is 54.3 Å². The van der Waals surface area contributed by atoms with E-state index < -0.39 is 17.6 Å². The Bertz CT molecular complexity index is 1330. The summed E-state index contributed by atoms with van der Waals surface area (Å²) in [5.74, 6) is -1.84. The predicted molar refractivity (Wildman–Crippen MR) is 131 cm³/mol. The number of para-hydroxylation sites is 1. The van der Waals surface area contributed by atoms with E-state index in [2.05, 4.69) is 21.2 Å². The zero-order valence-electron chi connectivity index (χ0n) is 16.9. The maximum Gasteiger partial charge on any atom is 0.270 e. The molecule has 0 atom stereocenters. The highest BCUT2D eigenvalue weighted by molar-refractivity contribution is 9.10. The lowest BCUT2D eigenvalue weighted by molar-refractivity contribution is -0.122. The molecule has 0 unspecified atom stereocenters. The number of thiocarbonyl (C=S) groups is 1. The number of amides is 2. The summed E-state index contributed by atoms with van der Waals surface area (Å²) in [7, 11) is 0. The smallest absolute Gasteiger partial charge is 0.270 e. The Morgan fingerprint density at radius 2 is 1.84 bits per heavy atom. The van der Waals surface area contributed by atoms with E-state index in [1.165, 1.54) is 18.2 Å². The third-order valence-electron chi connectivity index (χ3n) is 5.13. The number of halogens is 3. The molecule has 1 saturated heterocycles. The molecule has 2 heterocycles. The Morgan fingerprint density at radius 3 is 2.53 bits per heavy atom. The van der Waals surface area contributed by atoms with Crippen molar-refractivity contribution in [2.75, 3.05) is 4.90 Å². The molecule has 9 heteroatoms. The van der Waals surface area contributed by atoms with E-state index in [-0.39, 0.29) is 21.4 Å². The first-order chi connectivity index (χ1) is 15.2. The summed E-state index contributed by atoms with van der Waals surface area (Å²) in [5, 5.41) is 2.27. The lowest BCUT2D eigenvalue weighted by Gasteiger charge is -2.29. The molecule has 5 nitrogen and oxygen atoms in total. The molecular formula is C23H16BrClFN3O2S. The summed E-state index contributed by atoms with van der Waals surface area (Å²) in [4.78, 5) is 27.0. The highest BCUT2D eigenvalue weighted by Gasteiger charge is 2.35. The quantitative estimate of drug-likeness (QED) is 0.276. The van der Waals surface area contributed by atoms with Gasteiger partial charge in [0.2, 0.25) is 0 Å². The number of carbonyl (C=O) groups is 2. The number of rotatable bonds is 3. The van der Waals surface area contributed by atoms with Crippen molar-refractivity contribution < 1.29 is 14.0 Å². The fourth-order valence-corrected chi connectivity index (χ4v) is 4.53. The van der Waals surface area contributed by atoms with Gasteiger partial charge in [0.15, 0.2) is 5.11 Å². The maximum absolute atomic E-state index is 13.6. The second kappa shape index (κ2) is 8.61. The van der Waals surface area contributed by atoms with Gasteiger partial charge in [-0.3, -0.25) is 19.8 Å². The first-order valence-corrected chi connectivity index (χ1v) is 11.1. The first-order valence-electron chi connectivity index (χ1n) is 9.49. The van der Waals surface area contributed by atoms with Crippen molar-refractivity contribution in [3.05, 3.63) is 86.4 Å². The molecule has 1 aliphatic rings. The van der Waals surface area contributed by atoms with Crippen LogP contribution in [0.4, 0.5) is 10.1 Å². The third-order valence-corrected chi connectivity index (χ3v) is 6.37. The van der Waals surface area contributed by atoms with Gasteiger partial charge in [-0.05, 0) is 90.0 Å². The van der Waals surface area contributed by atoms with Crippen LogP contribution in [-0.2, 0) is 9.59 Å². The van der Waals surface area contributed by atoms with Gasteiger partial charge in [0.1, 0.15) is 11.4 Å². The fraction of sp³-hybridized carbons (Fsp3) is 0.0870. The van der Waals surface area contributed by atoms with Crippen molar-refractivity contribution in [1.29, 1.82) is 0 Å². The monoisotopic (exact) mass is 531 g/mol. The van der Waals surface area contributed by atoms with Crippen LogP contribution in [0.2, 0.25) is 5.02 Å². The van der Waals surface area contributed by atoms with Crippen molar-refractivity contribution in [2.24, 2.45) is 0 Å². The highest BCUT2D eigenvalue weighted by atomic mass is 79.9. The number of carbonyl (C=O) groups excluding carboxylic acids is 2. The molecule has 0 spiro atoms. The number of anilines is 1. The number of hydrogen-bond acceptors (Lipinski definition) is 3. The van der Waals surface area contributed by atoms with E-state index in [1.54, 1.807) is 0 Å². The van der Waals surface area contributed by atoms with Crippen molar-refractivity contribution in [3.8, 4) is 5.69 Å². The molecule has 2 amide bonds. The van der Waals surface area contributed by atoms with Crippen LogP contribution in [0.1, 0.15) is 17.0 Å². The minimum absolute atomic E-state index is 0.0913. The number of aromatic nitrogens is 1. The zero-order chi connectivity index (χ0) is 23.2. The Kier molecular flexibility index (Phi) is 6.03. The number of hydrogen-bond donors (Lipinski definition) is 1. The number of nitrogens with one attached hydrogen (secondary N) is 1. The summed E-state index contributed by atoms with van der Waals surface area (Å²) in [5.41, 5.74) is 3.61. The molecule has 1 aliphatic heterocycles. The molecule has 1 N–H and O–H groups in total. The van der Waals surface area contributed by atoms with Crippen LogP contribution in [0.25, 0.3) is 11.8 Å². The SMILES string of the molecule is Cc1cc(/C=C2\C(=O)NC(=S)N(c3ccc(F)c(Cl)c3)C2=O)c(C)n1-c1ccccc1Br. The van der Waals surface area contributed by atoms with Gasteiger partial charge in [-0.1, -0.05) is 23.7 Å². The Labute approximate surface area is 202 Å². The summed E-state index contributed by atoms with van der Waals surface area (Å²) < 4.78 is 16.5. The predicted octanol–water partition coefficient (Wildman–Crippen LogP) is 5.48. The van der Waals surface area contributed by atoms with Crippen molar-refractivity contribution in [2.45, 2.75) is 13.8 Å². The van der Waals surface area contributed by atoms with Crippen LogP contribution in [-0.4, -0.2) is 21.5 Å². The lowest BCUT2D eigenvalue weighted by atomic mass is 10.1. The molecule has 0 saturated carbocycles. The molecule has 0 radical (unpaired) electrons. The van der Waals surface area contributed by atoms with Gasteiger partial charge in [0.25, 0.3) is 11.8 Å². The molecule has 4 rings (SSSR count). The Morgan fingerprint density at radius 1 is 1.12 bits per heavy atom. The second-order valence-electron chi connectivity index (χ2n) is 7.17. The van der Waals surface area contributed by atoms with Crippen molar-refractivity contribution in [1.82, 2.24) is 9.88 Å². The average Bonchev–Trinajstić information content (AvgIpc) is 3.01. The van der Waals surface area contributed by atoms with Crippen LogP contribution in [0, 0.1) is 19.7 Å². The second-order valence-corrected chi connectivity index (χ2v) is 8.82. The number of nitrogens with zero attached hydrogens (tertiary/aromatic N) is 2. The summed E-state index contributed by atoms with van der Waals surface area (Å²) in [6.45, 7) is 3.85.